The second-order valence-corrected chi connectivity index (χ2v) is 4.75. The SMILES string of the molecule is NCC(O)c1nc(-c2ccc3ncoc3c2)cs1. The fourth-order valence-electron chi connectivity index (χ4n) is 1.69. The summed E-state index contributed by atoms with van der Waals surface area (Å²) in [4.78, 5) is 8.43. The van der Waals surface area contributed by atoms with E-state index in [0.29, 0.717) is 5.01 Å². The first-order valence-electron chi connectivity index (χ1n) is 5.45. The molecule has 0 aliphatic rings. The van der Waals surface area contributed by atoms with Crippen LogP contribution in [0.3, 0.4) is 0 Å². The summed E-state index contributed by atoms with van der Waals surface area (Å²) in [5.74, 6) is 0. The number of oxazole rings is 1. The van der Waals surface area contributed by atoms with E-state index in [4.69, 9.17) is 10.2 Å². The molecule has 1 unspecified atom stereocenters. The lowest BCUT2D eigenvalue weighted by atomic mass is 10.1. The van der Waals surface area contributed by atoms with Crippen LogP contribution < -0.4 is 5.73 Å². The van der Waals surface area contributed by atoms with Gasteiger partial charge in [0.25, 0.3) is 0 Å². The highest BCUT2D eigenvalue weighted by atomic mass is 32.1. The summed E-state index contributed by atoms with van der Waals surface area (Å²) < 4.78 is 5.25. The van der Waals surface area contributed by atoms with Crippen LogP contribution in [-0.4, -0.2) is 21.6 Å². The van der Waals surface area contributed by atoms with E-state index in [2.05, 4.69) is 9.97 Å². The van der Waals surface area contributed by atoms with Gasteiger partial charge in [-0.15, -0.1) is 11.3 Å². The van der Waals surface area contributed by atoms with E-state index >= 15 is 0 Å². The molecule has 0 fully saturated rings. The number of nitrogens with zero attached hydrogens (tertiary/aromatic N) is 2. The molecule has 0 bridgehead atoms. The Labute approximate surface area is 107 Å². The molecule has 3 aromatic rings. The summed E-state index contributed by atoms with van der Waals surface area (Å²) in [6.07, 6.45) is 0.719. The Morgan fingerprint density at radius 2 is 2.33 bits per heavy atom. The number of benzene rings is 1. The Morgan fingerprint density at radius 1 is 1.44 bits per heavy atom. The van der Waals surface area contributed by atoms with E-state index in [1.807, 2.05) is 23.6 Å². The van der Waals surface area contributed by atoms with E-state index in [9.17, 15) is 5.11 Å². The number of aromatic nitrogens is 2. The molecule has 0 saturated heterocycles. The van der Waals surface area contributed by atoms with Gasteiger partial charge in [0.05, 0.1) is 5.69 Å². The Morgan fingerprint density at radius 3 is 3.17 bits per heavy atom. The maximum Gasteiger partial charge on any atom is 0.181 e. The second-order valence-electron chi connectivity index (χ2n) is 3.86. The lowest BCUT2D eigenvalue weighted by Crippen LogP contribution is -2.10. The molecule has 6 heteroatoms. The number of aliphatic hydroxyl groups excluding tert-OH is 1. The first-order valence-corrected chi connectivity index (χ1v) is 6.33. The van der Waals surface area contributed by atoms with Crippen LogP contribution in [0, 0.1) is 0 Å². The molecule has 1 atom stereocenters. The molecule has 92 valence electrons. The van der Waals surface area contributed by atoms with Crippen LogP contribution in [0.4, 0.5) is 0 Å². The number of rotatable bonds is 3. The predicted octanol–water partition coefficient (Wildman–Crippen LogP) is 1.94. The fraction of sp³-hybridized carbons (Fsp3) is 0.167. The van der Waals surface area contributed by atoms with Gasteiger partial charge in [-0.2, -0.15) is 0 Å². The van der Waals surface area contributed by atoms with Gasteiger partial charge in [-0.05, 0) is 12.1 Å². The van der Waals surface area contributed by atoms with Crippen LogP contribution in [0.2, 0.25) is 0 Å². The number of fused-ring (bicyclic) bond motifs is 1. The minimum Gasteiger partial charge on any atom is -0.443 e. The molecular weight excluding hydrogens is 250 g/mol. The molecule has 0 saturated carbocycles. The van der Waals surface area contributed by atoms with E-state index in [1.165, 1.54) is 17.7 Å². The molecule has 2 heterocycles. The number of thiazole rings is 1. The summed E-state index contributed by atoms with van der Waals surface area (Å²) in [7, 11) is 0. The van der Waals surface area contributed by atoms with Gasteiger partial charge in [0.2, 0.25) is 0 Å². The predicted molar refractivity (Wildman–Crippen MR) is 69.1 cm³/mol. The van der Waals surface area contributed by atoms with Crippen molar-refractivity contribution in [2.24, 2.45) is 5.73 Å². The molecule has 18 heavy (non-hydrogen) atoms. The third-order valence-corrected chi connectivity index (χ3v) is 3.60. The summed E-state index contributed by atoms with van der Waals surface area (Å²) in [5.41, 5.74) is 8.69. The van der Waals surface area contributed by atoms with Crippen LogP contribution in [0.25, 0.3) is 22.4 Å². The Kier molecular flexibility index (Phi) is 2.83. The molecule has 5 nitrogen and oxygen atoms in total. The van der Waals surface area contributed by atoms with Crippen molar-refractivity contribution in [1.29, 1.82) is 0 Å². The first kappa shape index (κ1) is 11.3. The van der Waals surface area contributed by atoms with Crippen molar-refractivity contribution in [3.63, 3.8) is 0 Å². The molecule has 0 amide bonds. The maximum atomic E-state index is 9.62. The van der Waals surface area contributed by atoms with Gasteiger partial charge in [-0.1, -0.05) is 6.07 Å². The smallest absolute Gasteiger partial charge is 0.181 e. The normalized spacial score (nSPS) is 13.0. The van der Waals surface area contributed by atoms with Gasteiger partial charge in [0.1, 0.15) is 16.6 Å². The van der Waals surface area contributed by atoms with Gasteiger partial charge < -0.3 is 15.3 Å². The molecule has 2 aromatic heterocycles. The Balaban J connectivity index is 2.00. The monoisotopic (exact) mass is 261 g/mol. The van der Waals surface area contributed by atoms with Gasteiger partial charge >= 0.3 is 0 Å². The maximum absolute atomic E-state index is 9.62. The third kappa shape index (κ3) is 1.90. The zero-order valence-electron chi connectivity index (χ0n) is 9.41. The van der Waals surface area contributed by atoms with E-state index in [1.54, 1.807) is 0 Å². The zero-order valence-corrected chi connectivity index (χ0v) is 10.2. The van der Waals surface area contributed by atoms with E-state index in [-0.39, 0.29) is 6.54 Å². The van der Waals surface area contributed by atoms with Gasteiger partial charge in [0.15, 0.2) is 12.0 Å². The molecule has 0 aliphatic carbocycles. The molecular formula is C12H11N3O2S. The summed E-state index contributed by atoms with van der Waals surface area (Å²) >= 11 is 1.40. The zero-order chi connectivity index (χ0) is 12.5. The average molecular weight is 261 g/mol. The fourth-order valence-corrected chi connectivity index (χ4v) is 2.51. The summed E-state index contributed by atoms with van der Waals surface area (Å²) in [6, 6.07) is 5.70. The minimum atomic E-state index is -0.697. The third-order valence-electron chi connectivity index (χ3n) is 2.66. The molecule has 3 N–H and O–H groups in total. The average Bonchev–Trinajstić information content (AvgIpc) is 3.05. The summed E-state index contributed by atoms with van der Waals surface area (Å²) in [6.45, 7) is 0.175. The quantitative estimate of drug-likeness (QED) is 0.752. The van der Waals surface area contributed by atoms with Crippen LogP contribution in [0.1, 0.15) is 11.1 Å². The number of hydrogen-bond acceptors (Lipinski definition) is 6. The van der Waals surface area contributed by atoms with Crippen molar-refractivity contribution in [3.8, 4) is 11.3 Å². The van der Waals surface area contributed by atoms with Crippen molar-refractivity contribution in [2.75, 3.05) is 6.54 Å². The van der Waals surface area contributed by atoms with Crippen LogP contribution in [-0.2, 0) is 0 Å². The van der Waals surface area contributed by atoms with Gasteiger partial charge in [-0.3, -0.25) is 0 Å². The van der Waals surface area contributed by atoms with E-state index in [0.717, 1.165) is 22.4 Å². The van der Waals surface area contributed by atoms with Crippen molar-refractivity contribution < 1.29 is 9.52 Å². The lowest BCUT2D eigenvalue weighted by molar-refractivity contribution is 0.186. The number of nitrogens with two attached hydrogens (primary N) is 1. The highest BCUT2D eigenvalue weighted by Gasteiger charge is 2.12. The van der Waals surface area contributed by atoms with Gasteiger partial charge in [-0.25, -0.2) is 9.97 Å². The molecule has 1 aromatic carbocycles. The van der Waals surface area contributed by atoms with Crippen LogP contribution in [0.5, 0.6) is 0 Å². The van der Waals surface area contributed by atoms with Gasteiger partial charge in [0, 0.05) is 17.5 Å². The second kappa shape index (κ2) is 4.49. The molecule has 0 aliphatic heterocycles. The van der Waals surface area contributed by atoms with Crippen molar-refractivity contribution in [2.45, 2.75) is 6.10 Å². The van der Waals surface area contributed by atoms with Crippen molar-refractivity contribution in [1.82, 2.24) is 9.97 Å². The largest absolute Gasteiger partial charge is 0.443 e. The summed E-state index contributed by atoms with van der Waals surface area (Å²) in [5, 5.41) is 12.1. The number of hydrogen-bond donors (Lipinski definition) is 2. The lowest BCUT2D eigenvalue weighted by Gasteiger charge is -2.01. The standard InChI is InChI=1S/C12H11N3O2S/c13-4-10(16)12-15-9(5-18-12)7-1-2-8-11(3-7)17-6-14-8/h1-3,5-6,10,16H,4,13H2. The minimum absolute atomic E-state index is 0.175. The molecule has 0 radical (unpaired) electrons. The van der Waals surface area contributed by atoms with Crippen LogP contribution in [0.15, 0.2) is 34.4 Å². The highest BCUT2D eigenvalue weighted by molar-refractivity contribution is 7.10. The molecule has 3 rings (SSSR count). The molecule has 0 spiro atoms. The Bertz CT molecular complexity index is 677. The first-order chi connectivity index (χ1) is 8.78. The van der Waals surface area contributed by atoms with Crippen LogP contribution >= 0.6 is 11.3 Å². The van der Waals surface area contributed by atoms with E-state index < -0.39 is 6.10 Å². The Hall–Kier alpha value is -1.76. The topological polar surface area (TPSA) is 85.2 Å². The highest BCUT2D eigenvalue weighted by Crippen LogP contribution is 2.27. The number of aliphatic hydroxyl groups is 1. The van der Waals surface area contributed by atoms with Crippen molar-refractivity contribution >= 4 is 22.4 Å². The van der Waals surface area contributed by atoms with Crippen molar-refractivity contribution in [3.05, 3.63) is 35.0 Å².